The summed E-state index contributed by atoms with van der Waals surface area (Å²) in [6.07, 6.45) is -0.0520. The van der Waals surface area contributed by atoms with Crippen LogP contribution in [0.4, 0.5) is 5.69 Å². The van der Waals surface area contributed by atoms with Gasteiger partial charge in [0.2, 0.25) is 5.91 Å². The zero-order chi connectivity index (χ0) is 26.4. The first kappa shape index (κ1) is 26.0. The maximum absolute atomic E-state index is 13.6. The van der Waals surface area contributed by atoms with Crippen LogP contribution in [0.25, 0.3) is 0 Å². The van der Waals surface area contributed by atoms with Crippen molar-refractivity contribution < 1.29 is 23.8 Å². The van der Waals surface area contributed by atoms with Crippen LogP contribution in [0.2, 0.25) is 0 Å². The van der Waals surface area contributed by atoms with E-state index in [2.05, 4.69) is 5.32 Å². The Morgan fingerprint density at radius 3 is 2.22 bits per heavy atom. The third kappa shape index (κ3) is 6.00. The van der Waals surface area contributed by atoms with Crippen LogP contribution < -0.4 is 19.5 Å². The predicted molar refractivity (Wildman–Crippen MR) is 145 cm³/mol. The molecule has 0 bridgehead atoms. The molecule has 3 aromatic carbocycles. The summed E-state index contributed by atoms with van der Waals surface area (Å²) < 4.78 is 15.9. The summed E-state index contributed by atoms with van der Waals surface area (Å²) in [7, 11) is 4.72. The van der Waals surface area contributed by atoms with E-state index < -0.39 is 6.04 Å². The zero-order valence-corrected chi connectivity index (χ0v) is 21.8. The number of carbonyl (C=O) groups excluding carboxylic acids is 2. The van der Waals surface area contributed by atoms with E-state index in [1.807, 2.05) is 48.5 Å². The van der Waals surface area contributed by atoms with Crippen LogP contribution in [0.3, 0.4) is 0 Å². The van der Waals surface area contributed by atoms with Crippen molar-refractivity contribution in [3.63, 3.8) is 0 Å². The molecule has 9 heteroatoms. The van der Waals surface area contributed by atoms with Crippen molar-refractivity contribution in [3.05, 3.63) is 83.9 Å². The average molecular weight is 520 g/mol. The lowest BCUT2D eigenvalue weighted by Gasteiger charge is -2.24. The van der Waals surface area contributed by atoms with E-state index in [1.165, 1.54) is 0 Å². The minimum Gasteiger partial charge on any atom is -0.497 e. The molecule has 0 radical (unpaired) electrons. The van der Waals surface area contributed by atoms with Gasteiger partial charge in [-0.15, -0.1) is 0 Å². The number of carbonyl (C=O) groups is 2. The Kier molecular flexibility index (Phi) is 8.25. The molecule has 192 valence electrons. The smallest absolute Gasteiger partial charge is 0.252 e. The molecule has 1 atom stereocenters. The number of nitrogens with zero attached hydrogens (tertiary/aromatic N) is 2. The van der Waals surface area contributed by atoms with Gasteiger partial charge in [0.1, 0.15) is 11.8 Å². The summed E-state index contributed by atoms with van der Waals surface area (Å²) >= 11 is 5.76. The van der Waals surface area contributed by atoms with Gasteiger partial charge >= 0.3 is 0 Å². The fourth-order valence-electron chi connectivity index (χ4n) is 4.22. The van der Waals surface area contributed by atoms with Gasteiger partial charge in [0.25, 0.3) is 5.91 Å². The number of nitrogens with one attached hydrogen (secondary N) is 1. The Hall–Kier alpha value is -4.11. The Balaban J connectivity index is 1.57. The highest BCUT2D eigenvalue weighted by Gasteiger charge is 2.43. The zero-order valence-electron chi connectivity index (χ0n) is 21.0. The van der Waals surface area contributed by atoms with E-state index in [0.29, 0.717) is 41.1 Å². The molecule has 0 aliphatic carbocycles. The van der Waals surface area contributed by atoms with E-state index in [4.69, 9.17) is 26.4 Å². The lowest BCUT2D eigenvalue weighted by Crippen LogP contribution is -2.37. The monoisotopic (exact) mass is 519 g/mol. The van der Waals surface area contributed by atoms with Gasteiger partial charge < -0.3 is 24.4 Å². The van der Waals surface area contributed by atoms with Gasteiger partial charge in [-0.2, -0.15) is 0 Å². The summed E-state index contributed by atoms with van der Waals surface area (Å²) in [5.74, 6) is 1.37. The number of hydrogen-bond donors (Lipinski definition) is 1. The van der Waals surface area contributed by atoms with Crippen LogP contribution in [0, 0.1) is 0 Å². The SMILES string of the molecule is COc1ccc(NC(=O)C[C@@H]2C(=O)N(Cc3ccccc3)C(=S)N2Cc2ccc(OC)c(OC)c2)cc1. The molecule has 4 rings (SSSR count). The van der Waals surface area contributed by atoms with E-state index in [-0.39, 0.29) is 18.2 Å². The summed E-state index contributed by atoms with van der Waals surface area (Å²) in [5, 5.41) is 3.25. The van der Waals surface area contributed by atoms with Crippen LogP contribution in [0.15, 0.2) is 72.8 Å². The molecule has 1 aliphatic rings. The first-order chi connectivity index (χ1) is 17.9. The topological polar surface area (TPSA) is 80.3 Å². The summed E-state index contributed by atoms with van der Waals surface area (Å²) in [6, 6.07) is 21.5. The molecule has 1 aliphatic heterocycles. The largest absolute Gasteiger partial charge is 0.497 e. The standard InChI is InChI=1S/C28H29N3O5S/c1-34-22-12-10-21(11-13-22)29-26(32)16-23-27(33)31(17-19-7-5-4-6-8-19)28(37)30(23)18-20-9-14-24(35-2)25(15-20)36-3/h4-15,23H,16-18H2,1-3H3,(H,29,32)/t23-/m1/s1. The summed E-state index contributed by atoms with van der Waals surface area (Å²) in [6.45, 7) is 0.661. The lowest BCUT2D eigenvalue weighted by molar-refractivity contribution is -0.131. The number of rotatable bonds is 10. The van der Waals surface area contributed by atoms with Crippen molar-refractivity contribution in [1.82, 2.24) is 9.80 Å². The van der Waals surface area contributed by atoms with Gasteiger partial charge in [0.15, 0.2) is 16.6 Å². The first-order valence-electron chi connectivity index (χ1n) is 11.7. The number of amides is 2. The second kappa shape index (κ2) is 11.7. The van der Waals surface area contributed by atoms with Gasteiger partial charge in [-0.3, -0.25) is 14.5 Å². The van der Waals surface area contributed by atoms with Crippen molar-refractivity contribution in [2.24, 2.45) is 0 Å². The highest BCUT2D eigenvalue weighted by Crippen LogP contribution is 2.31. The molecular weight excluding hydrogens is 490 g/mol. The number of benzene rings is 3. The van der Waals surface area contributed by atoms with Gasteiger partial charge in [-0.1, -0.05) is 36.4 Å². The molecule has 0 saturated carbocycles. The second-order valence-corrected chi connectivity index (χ2v) is 8.87. The van der Waals surface area contributed by atoms with Crippen molar-refractivity contribution in [1.29, 1.82) is 0 Å². The van der Waals surface area contributed by atoms with Gasteiger partial charge in [-0.25, -0.2) is 0 Å². The maximum atomic E-state index is 13.6. The predicted octanol–water partition coefficient (Wildman–Crippen LogP) is 4.24. The minimum atomic E-state index is -0.748. The van der Waals surface area contributed by atoms with E-state index in [0.717, 1.165) is 11.1 Å². The Morgan fingerprint density at radius 2 is 1.57 bits per heavy atom. The van der Waals surface area contributed by atoms with E-state index in [9.17, 15) is 9.59 Å². The Morgan fingerprint density at radius 1 is 0.865 bits per heavy atom. The van der Waals surface area contributed by atoms with Crippen molar-refractivity contribution >= 4 is 34.8 Å². The number of hydrogen-bond acceptors (Lipinski definition) is 6. The summed E-state index contributed by atoms with van der Waals surface area (Å²) in [5.41, 5.74) is 2.44. The van der Waals surface area contributed by atoms with Crippen LogP contribution in [0.5, 0.6) is 17.2 Å². The molecular formula is C28H29N3O5S. The second-order valence-electron chi connectivity index (χ2n) is 8.51. The van der Waals surface area contributed by atoms with Crippen LogP contribution in [-0.2, 0) is 22.7 Å². The highest BCUT2D eigenvalue weighted by atomic mass is 32.1. The first-order valence-corrected chi connectivity index (χ1v) is 12.1. The average Bonchev–Trinajstić information content (AvgIpc) is 3.13. The highest BCUT2D eigenvalue weighted by molar-refractivity contribution is 7.80. The molecule has 1 N–H and O–H groups in total. The van der Waals surface area contributed by atoms with E-state index in [1.54, 1.807) is 55.4 Å². The van der Waals surface area contributed by atoms with Gasteiger partial charge in [0, 0.05) is 12.2 Å². The molecule has 0 unspecified atom stereocenters. The molecule has 1 heterocycles. The quantitative estimate of drug-likeness (QED) is 0.402. The van der Waals surface area contributed by atoms with Crippen molar-refractivity contribution in [2.45, 2.75) is 25.6 Å². The van der Waals surface area contributed by atoms with Gasteiger partial charge in [0.05, 0.1) is 34.3 Å². The normalized spacial score (nSPS) is 15.1. The lowest BCUT2D eigenvalue weighted by atomic mass is 10.1. The van der Waals surface area contributed by atoms with Crippen LogP contribution >= 0.6 is 12.2 Å². The van der Waals surface area contributed by atoms with Gasteiger partial charge in [-0.05, 0) is 59.7 Å². The fourth-order valence-corrected chi connectivity index (χ4v) is 4.57. The molecule has 2 amide bonds. The molecule has 0 aromatic heterocycles. The van der Waals surface area contributed by atoms with Crippen molar-refractivity contribution in [3.8, 4) is 17.2 Å². The molecule has 0 spiro atoms. The molecule has 1 fully saturated rings. The van der Waals surface area contributed by atoms with Crippen LogP contribution in [-0.4, -0.2) is 54.1 Å². The fraction of sp³-hybridized carbons (Fsp3) is 0.250. The van der Waals surface area contributed by atoms with E-state index >= 15 is 0 Å². The number of methoxy groups -OCH3 is 3. The summed E-state index contributed by atoms with van der Waals surface area (Å²) in [4.78, 5) is 29.9. The Bertz CT molecular complexity index is 1270. The molecule has 1 saturated heterocycles. The molecule has 37 heavy (non-hydrogen) atoms. The van der Waals surface area contributed by atoms with Crippen LogP contribution in [0.1, 0.15) is 17.5 Å². The number of anilines is 1. The third-order valence-electron chi connectivity index (χ3n) is 6.14. The van der Waals surface area contributed by atoms with Crippen molar-refractivity contribution in [2.75, 3.05) is 26.6 Å². The third-order valence-corrected chi connectivity index (χ3v) is 6.60. The molecule has 8 nitrogen and oxygen atoms in total. The molecule has 3 aromatic rings. The number of thiocarbonyl (C=S) groups is 1. The Labute approximate surface area is 221 Å². The minimum absolute atomic E-state index is 0.0520. The number of ether oxygens (including phenoxy) is 3. The maximum Gasteiger partial charge on any atom is 0.252 e.